The van der Waals surface area contributed by atoms with Crippen LogP contribution in [0.15, 0.2) is 0 Å². The summed E-state index contributed by atoms with van der Waals surface area (Å²) in [6.45, 7) is 0. The van der Waals surface area contributed by atoms with Gasteiger partial charge in [-0.15, -0.1) is 0 Å². The molecule has 0 spiro atoms. The van der Waals surface area contributed by atoms with E-state index in [0.29, 0.717) is 6.42 Å². The van der Waals surface area contributed by atoms with Crippen molar-refractivity contribution >= 4 is 0 Å². The fourth-order valence-electron chi connectivity index (χ4n) is 2.50. The van der Waals surface area contributed by atoms with Crippen LogP contribution in [0.25, 0.3) is 0 Å². The van der Waals surface area contributed by atoms with Crippen molar-refractivity contribution in [1.29, 1.82) is 0 Å². The van der Waals surface area contributed by atoms with Gasteiger partial charge in [-0.05, 0) is 32.7 Å². The summed E-state index contributed by atoms with van der Waals surface area (Å²) in [4.78, 5) is 0. The number of alkyl halides is 2. The first-order chi connectivity index (χ1) is 6.19. The van der Waals surface area contributed by atoms with Crippen molar-refractivity contribution in [3.05, 3.63) is 0 Å². The summed E-state index contributed by atoms with van der Waals surface area (Å²) in [6, 6.07) is 0. The van der Waals surface area contributed by atoms with Gasteiger partial charge in [-0.25, -0.2) is 8.78 Å². The standard InChI is InChI=1S/C9H15F2NO/c1-12-9(8(10)11)5-4-6-2-3-7(9)13-6/h6-8,12H,2-5H2,1H3. The molecule has 3 atom stereocenters. The number of rotatable bonds is 2. The highest BCUT2D eigenvalue weighted by Crippen LogP contribution is 2.41. The molecule has 2 bridgehead atoms. The Bertz CT molecular complexity index is 200. The number of hydrogen-bond acceptors (Lipinski definition) is 2. The Morgan fingerprint density at radius 2 is 2.15 bits per heavy atom. The maximum absolute atomic E-state index is 12.9. The molecule has 0 aromatic heterocycles. The van der Waals surface area contributed by atoms with E-state index < -0.39 is 12.0 Å². The summed E-state index contributed by atoms with van der Waals surface area (Å²) >= 11 is 0. The van der Waals surface area contributed by atoms with Crippen molar-refractivity contribution in [2.75, 3.05) is 7.05 Å². The lowest BCUT2D eigenvalue weighted by Gasteiger charge is -2.41. The summed E-state index contributed by atoms with van der Waals surface area (Å²) in [5.41, 5.74) is -1.08. The zero-order valence-electron chi connectivity index (χ0n) is 7.72. The van der Waals surface area contributed by atoms with E-state index in [2.05, 4.69) is 5.32 Å². The van der Waals surface area contributed by atoms with Gasteiger partial charge in [0.05, 0.1) is 12.2 Å². The van der Waals surface area contributed by atoms with E-state index in [1.54, 1.807) is 7.05 Å². The average molecular weight is 191 g/mol. The zero-order chi connectivity index (χ0) is 9.47. The van der Waals surface area contributed by atoms with E-state index in [-0.39, 0.29) is 12.2 Å². The molecule has 2 rings (SSSR count). The lowest BCUT2D eigenvalue weighted by atomic mass is 9.86. The van der Waals surface area contributed by atoms with Gasteiger partial charge < -0.3 is 10.1 Å². The second-order valence-corrected chi connectivity index (χ2v) is 3.95. The third-order valence-corrected chi connectivity index (χ3v) is 3.42. The molecular weight excluding hydrogens is 176 g/mol. The first kappa shape index (κ1) is 9.34. The summed E-state index contributed by atoms with van der Waals surface area (Å²) in [5.74, 6) is 0. The highest BCUT2D eigenvalue weighted by atomic mass is 19.3. The van der Waals surface area contributed by atoms with Crippen LogP contribution in [0.5, 0.6) is 0 Å². The number of ether oxygens (including phenoxy) is 1. The van der Waals surface area contributed by atoms with Gasteiger partial charge in [0.2, 0.25) is 0 Å². The molecule has 4 heteroatoms. The summed E-state index contributed by atoms with van der Waals surface area (Å²) < 4.78 is 31.3. The summed E-state index contributed by atoms with van der Waals surface area (Å²) in [6.07, 6.45) is 0.650. The number of hydrogen-bond donors (Lipinski definition) is 1. The molecule has 0 saturated carbocycles. The lowest BCUT2D eigenvalue weighted by Crippen LogP contribution is -2.60. The maximum Gasteiger partial charge on any atom is 0.259 e. The fraction of sp³-hybridized carbons (Fsp3) is 1.00. The van der Waals surface area contributed by atoms with Gasteiger partial charge in [-0.2, -0.15) is 0 Å². The quantitative estimate of drug-likeness (QED) is 0.715. The van der Waals surface area contributed by atoms with Crippen LogP contribution in [0.3, 0.4) is 0 Å². The predicted octanol–water partition coefficient (Wildman–Crippen LogP) is 1.55. The van der Waals surface area contributed by atoms with Crippen molar-refractivity contribution in [2.24, 2.45) is 0 Å². The molecule has 3 unspecified atom stereocenters. The number of likely N-dealkylation sites (N-methyl/N-ethyl adjacent to an activating group) is 1. The molecule has 1 N–H and O–H groups in total. The molecule has 2 heterocycles. The topological polar surface area (TPSA) is 21.3 Å². The molecule has 0 aliphatic carbocycles. The second kappa shape index (κ2) is 3.17. The number of fused-ring (bicyclic) bond motifs is 2. The molecule has 0 amide bonds. The molecule has 2 nitrogen and oxygen atoms in total. The van der Waals surface area contributed by atoms with Gasteiger partial charge >= 0.3 is 0 Å². The van der Waals surface area contributed by atoms with Crippen molar-refractivity contribution in [3.63, 3.8) is 0 Å². The average Bonchev–Trinajstić information content (AvgIpc) is 2.50. The second-order valence-electron chi connectivity index (χ2n) is 3.95. The predicted molar refractivity (Wildman–Crippen MR) is 44.9 cm³/mol. The van der Waals surface area contributed by atoms with Gasteiger partial charge in [0.15, 0.2) is 0 Å². The van der Waals surface area contributed by atoms with Crippen molar-refractivity contribution in [1.82, 2.24) is 5.32 Å². The molecule has 2 fully saturated rings. The third-order valence-electron chi connectivity index (χ3n) is 3.42. The Morgan fingerprint density at radius 3 is 2.77 bits per heavy atom. The van der Waals surface area contributed by atoms with Crippen LogP contribution >= 0.6 is 0 Å². The Labute approximate surface area is 76.6 Å². The van der Waals surface area contributed by atoms with Gasteiger partial charge in [0, 0.05) is 0 Å². The van der Waals surface area contributed by atoms with Crippen LogP contribution in [-0.4, -0.2) is 31.2 Å². The van der Waals surface area contributed by atoms with E-state index in [1.807, 2.05) is 0 Å². The largest absolute Gasteiger partial charge is 0.373 e. The fourth-order valence-corrected chi connectivity index (χ4v) is 2.50. The number of nitrogens with one attached hydrogen (secondary N) is 1. The van der Waals surface area contributed by atoms with Crippen molar-refractivity contribution in [3.8, 4) is 0 Å². The van der Waals surface area contributed by atoms with Crippen LogP contribution in [-0.2, 0) is 4.74 Å². The first-order valence-electron chi connectivity index (χ1n) is 4.81. The van der Waals surface area contributed by atoms with Crippen molar-refractivity contribution < 1.29 is 13.5 Å². The Kier molecular flexibility index (Phi) is 2.28. The molecule has 2 aliphatic rings. The third kappa shape index (κ3) is 1.27. The van der Waals surface area contributed by atoms with Crippen molar-refractivity contribution in [2.45, 2.75) is 49.9 Å². The minimum Gasteiger partial charge on any atom is -0.373 e. The van der Waals surface area contributed by atoms with Crippen LogP contribution in [0, 0.1) is 0 Å². The normalized spacial score (nSPS) is 44.3. The van der Waals surface area contributed by atoms with E-state index in [4.69, 9.17) is 4.74 Å². The molecule has 0 aromatic rings. The summed E-state index contributed by atoms with van der Waals surface area (Å²) in [5, 5.41) is 2.77. The number of halogens is 2. The van der Waals surface area contributed by atoms with Gasteiger partial charge in [-0.1, -0.05) is 0 Å². The highest BCUT2D eigenvalue weighted by molar-refractivity contribution is 5.04. The molecule has 2 saturated heterocycles. The van der Waals surface area contributed by atoms with E-state index in [1.165, 1.54) is 0 Å². The van der Waals surface area contributed by atoms with Crippen LogP contribution in [0.4, 0.5) is 8.78 Å². The van der Waals surface area contributed by atoms with Gasteiger partial charge in [-0.3, -0.25) is 0 Å². The smallest absolute Gasteiger partial charge is 0.259 e. The molecule has 13 heavy (non-hydrogen) atoms. The molecule has 2 aliphatic heterocycles. The van der Waals surface area contributed by atoms with Crippen LogP contribution in [0.2, 0.25) is 0 Å². The Balaban J connectivity index is 2.19. The summed E-state index contributed by atoms with van der Waals surface area (Å²) in [7, 11) is 1.61. The van der Waals surface area contributed by atoms with E-state index in [0.717, 1.165) is 19.3 Å². The van der Waals surface area contributed by atoms with E-state index in [9.17, 15) is 8.78 Å². The maximum atomic E-state index is 12.9. The van der Waals surface area contributed by atoms with E-state index >= 15 is 0 Å². The first-order valence-corrected chi connectivity index (χ1v) is 4.81. The monoisotopic (exact) mass is 191 g/mol. The molecular formula is C9H15F2NO. The van der Waals surface area contributed by atoms with Crippen LogP contribution in [0.1, 0.15) is 25.7 Å². The minimum atomic E-state index is -2.33. The van der Waals surface area contributed by atoms with Gasteiger partial charge in [0.25, 0.3) is 6.43 Å². The minimum absolute atomic E-state index is 0.241. The lowest BCUT2D eigenvalue weighted by molar-refractivity contribution is -0.114. The Hall–Kier alpha value is -0.220. The van der Waals surface area contributed by atoms with Crippen LogP contribution < -0.4 is 5.32 Å². The highest BCUT2D eigenvalue weighted by Gasteiger charge is 2.52. The SMILES string of the molecule is CNC1(C(F)F)CCC2CCC1O2. The molecule has 0 radical (unpaired) electrons. The molecule has 76 valence electrons. The van der Waals surface area contributed by atoms with Gasteiger partial charge in [0.1, 0.15) is 5.54 Å². The zero-order valence-corrected chi connectivity index (χ0v) is 7.72. The molecule has 0 aromatic carbocycles. The Morgan fingerprint density at radius 1 is 1.38 bits per heavy atom.